The lowest BCUT2D eigenvalue weighted by atomic mass is 9.99. The number of phosphoric acid groups is 3. The third kappa shape index (κ3) is 6.53. The topological polar surface area (TPSA) is 244 Å². The SMILES string of the molecule is C#CC1C(COP(=O)(O)OP(=O)(O)OP(=O)(O)O)OC(n2ccc(=O)[nH]c2=O)C1O. The molecule has 30 heavy (non-hydrogen) atoms. The second kappa shape index (κ2) is 8.97. The van der Waals surface area contributed by atoms with Gasteiger partial charge in [-0.15, -0.1) is 6.42 Å². The van der Waals surface area contributed by atoms with Crippen molar-refractivity contribution in [3.63, 3.8) is 0 Å². The molecule has 0 aromatic carbocycles. The molecular formula is C11H15N2O14P3. The maximum Gasteiger partial charge on any atom is 0.490 e. The Morgan fingerprint density at radius 2 is 1.80 bits per heavy atom. The number of hydrogen-bond acceptors (Lipinski definition) is 10. The Kier molecular flexibility index (Phi) is 7.43. The molecule has 168 valence electrons. The summed E-state index contributed by atoms with van der Waals surface area (Å²) in [5.74, 6) is 0.916. The zero-order chi connectivity index (χ0) is 22.9. The van der Waals surface area contributed by atoms with E-state index < -0.39 is 65.7 Å². The van der Waals surface area contributed by atoms with Crippen LogP contribution < -0.4 is 11.2 Å². The number of aromatic nitrogens is 2. The second-order valence-corrected chi connectivity index (χ2v) is 10.1. The van der Waals surface area contributed by atoms with E-state index in [2.05, 4.69) is 19.1 Å². The summed E-state index contributed by atoms with van der Waals surface area (Å²) >= 11 is 0. The summed E-state index contributed by atoms with van der Waals surface area (Å²) < 4.78 is 51.3. The van der Waals surface area contributed by atoms with Crippen molar-refractivity contribution in [2.75, 3.05) is 6.61 Å². The number of aliphatic hydroxyl groups excluding tert-OH is 1. The van der Waals surface area contributed by atoms with Crippen molar-refractivity contribution in [2.45, 2.75) is 18.4 Å². The van der Waals surface area contributed by atoms with Crippen molar-refractivity contribution in [3.8, 4) is 12.3 Å². The highest BCUT2D eigenvalue weighted by Gasteiger charge is 2.46. The van der Waals surface area contributed by atoms with Gasteiger partial charge >= 0.3 is 29.2 Å². The van der Waals surface area contributed by atoms with E-state index in [4.69, 9.17) is 25.8 Å². The molecule has 6 atom stereocenters. The summed E-state index contributed by atoms with van der Waals surface area (Å²) in [6.45, 7) is -0.926. The van der Waals surface area contributed by atoms with Gasteiger partial charge in [0.1, 0.15) is 12.2 Å². The van der Waals surface area contributed by atoms with Crippen molar-refractivity contribution in [3.05, 3.63) is 33.1 Å². The third-order valence-electron chi connectivity index (χ3n) is 3.51. The van der Waals surface area contributed by atoms with Crippen LogP contribution in [0.5, 0.6) is 0 Å². The van der Waals surface area contributed by atoms with Gasteiger partial charge in [0, 0.05) is 12.3 Å². The van der Waals surface area contributed by atoms with Gasteiger partial charge in [0.05, 0.1) is 12.5 Å². The Bertz CT molecular complexity index is 1080. The predicted molar refractivity (Wildman–Crippen MR) is 93.4 cm³/mol. The summed E-state index contributed by atoms with van der Waals surface area (Å²) in [4.78, 5) is 60.4. The molecule has 0 spiro atoms. The maximum absolute atomic E-state index is 11.9. The highest BCUT2D eigenvalue weighted by Crippen LogP contribution is 2.66. The van der Waals surface area contributed by atoms with Gasteiger partial charge in [-0.25, -0.2) is 18.5 Å². The molecule has 0 saturated carbocycles. The van der Waals surface area contributed by atoms with E-state index in [1.807, 2.05) is 4.98 Å². The zero-order valence-corrected chi connectivity index (χ0v) is 17.1. The van der Waals surface area contributed by atoms with Crippen LogP contribution in [-0.2, 0) is 31.6 Å². The number of aliphatic hydroxyl groups is 1. The molecule has 19 heteroatoms. The van der Waals surface area contributed by atoms with E-state index in [-0.39, 0.29) is 0 Å². The molecule has 6 unspecified atom stereocenters. The van der Waals surface area contributed by atoms with Crippen LogP contribution >= 0.6 is 23.5 Å². The molecule has 1 saturated heterocycles. The highest BCUT2D eigenvalue weighted by molar-refractivity contribution is 7.66. The van der Waals surface area contributed by atoms with E-state index in [1.165, 1.54) is 0 Å². The summed E-state index contributed by atoms with van der Waals surface area (Å²) in [5, 5.41) is 10.3. The van der Waals surface area contributed by atoms with E-state index in [9.17, 15) is 33.3 Å². The van der Waals surface area contributed by atoms with Gasteiger partial charge in [-0.05, 0) is 0 Å². The number of nitrogens with zero attached hydrogens (tertiary/aromatic N) is 1. The monoisotopic (exact) mass is 492 g/mol. The molecule has 1 fully saturated rings. The predicted octanol–water partition coefficient (Wildman–Crippen LogP) is -1.61. The molecule has 1 aliphatic heterocycles. The van der Waals surface area contributed by atoms with Crippen molar-refractivity contribution in [1.82, 2.24) is 9.55 Å². The molecule has 1 aromatic heterocycles. The number of rotatable bonds is 8. The van der Waals surface area contributed by atoms with E-state index in [0.717, 1.165) is 16.8 Å². The van der Waals surface area contributed by atoms with Gasteiger partial charge < -0.3 is 29.4 Å². The van der Waals surface area contributed by atoms with Crippen LogP contribution in [-0.4, -0.2) is 53.0 Å². The van der Waals surface area contributed by atoms with Gasteiger partial charge in [0.25, 0.3) is 5.56 Å². The summed E-state index contributed by atoms with van der Waals surface area (Å²) in [7, 11) is -16.7. The lowest BCUT2D eigenvalue weighted by Gasteiger charge is -2.19. The molecule has 1 aromatic rings. The minimum Gasteiger partial charge on any atom is -0.387 e. The van der Waals surface area contributed by atoms with Crippen molar-refractivity contribution >= 4 is 23.5 Å². The summed E-state index contributed by atoms with van der Waals surface area (Å²) in [6, 6.07) is 0.960. The van der Waals surface area contributed by atoms with Crippen molar-refractivity contribution < 1.29 is 56.3 Å². The van der Waals surface area contributed by atoms with Gasteiger partial charge in [-0.3, -0.25) is 18.9 Å². The first-order chi connectivity index (χ1) is 13.6. The van der Waals surface area contributed by atoms with Gasteiger partial charge in [0.15, 0.2) is 6.23 Å². The maximum atomic E-state index is 11.9. The number of aromatic amines is 1. The first-order valence-corrected chi connectivity index (χ1v) is 12.1. The Morgan fingerprint density at radius 3 is 2.33 bits per heavy atom. The number of ether oxygens (including phenoxy) is 1. The van der Waals surface area contributed by atoms with Crippen LogP contribution in [0.1, 0.15) is 6.23 Å². The van der Waals surface area contributed by atoms with Gasteiger partial charge in [-0.1, -0.05) is 5.92 Å². The first-order valence-electron chi connectivity index (χ1n) is 7.53. The average molecular weight is 492 g/mol. The van der Waals surface area contributed by atoms with E-state index >= 15 is 0 Å². The van der Waals surface area contributed by atoms with Crippen LogP contribution in [0.4, 0.5) is 0 Å². The first kappa shape index (κ1) is 24.8. The molecule has 16 nitrogen and oxygen atoms in total. The minimum atomic E-state index is -5.71. The smallest absolute Gasteiger partial charge is 0.387 e. The van der Waals surface area contributed by atoms with E-state index in [1.54, 1.807) is 0 Å². The Morgan fingerprint density at radius 1 is 1.17 bits per heavy atom. The average Bonchev–Trinajstić information content (AvgIpc) is 2.85. The second-order valence-electron chi connectivity index (χ2n) is 5.65. The minimum absolute atomic E-state index is 0.721. The molecule has 0 radical (unpaired) electrons. The van der Waals surface area contributed by atoms with Crippen LogP contribution in [0.3, 0.4) is 0 Å². The van der Waals surface area contributed by atoms with Gasteiger partial charge in [-0.2, -0.15) is 8.62 Å². The molecule has 6 N–H and O–H groups in total. The normalized spacial score (nSPS) is 28.4. The fraction of sp³-hybridized carbons (Fsp3) is 0.455. The summed E-state index contributed by atoms with van der Waals surface area (Å²) in [5.41, 5.74) is -1.67. The fourth-order valence-electron chi connectivity index (χ4n) is 2.42. The summed E-state index contributed by atoms with van der Waals surface area (Å²) in [6.07, 6.45) is 1.98. The lowest BCUT2D eigenvalue weighted by molar-refractivity contribution is -0.0526. The zero-order valence-electron chi connectivity index (χ0n) is 14.4. The molecule has 0 bridgehead atoms. The number of phosphoric ester groups is 1. The molecule has 0 amide bonds. The van der Waals surface area contributed by atoms with Crippen LogP contribution in [0.15, 0.2) is 21.9 Å². The van der Waals surface area contributed by atoms with E-state index in [0.29, 0.717) is 0 Å². The Balaban J connectivity index is 2.12. The number of hydrogen-bond donors (Lipinski definition) is 6. The standard InChI is InChI=1S/C11H15N2O14P3/c1-2-6-7(5-24-29(20,21)27-30(22,23)26-28(17,18)19)25-10(9(6)15)13-4-3-8(14)12-11(13)16/h1,3-4,6-7,9-10,15H,5H2,(H,20,21)(H,22,23)(H,12,14,16)(H2,17,18,19). The third-order valence-corrected chi connectivity index (χ3v) is 7.31. The van der Waals surface area contributed by atoms with Crippen molar-refractivity contribution in [1.29, 1.82) is 0 Å². The molecule has 0 aliphatic carbocycles. The number of H-pyrrole nitrogens is 1. The molecule has 1 aliphatic rings. The van der Waals surface area contributed by atoms with Crippen LogP contribution in [0.25, 0.3) is 0 Å². The largest absolute Gasteiger partial charge is 0.490 e. The van der Waals surface area contributed by atoms with Crippen LogP contribution in [0.2, 0.25) is 0 Å². The quantitative estimate of drug-likeness (QED) is 0.177. The Labute approximate surface area is 166 Å². The number of nitrogens with one attached hydrogen (secondary N) is 1. The van der Waals surface area contributed by atoms with Crippen molar-refractivity contribution in [2.24, 2.45) is 5.92 Å². The Hall–Kier alpha value is -1.43. The number of terminal acetylenes is 1. The fourth-order valence-corrected chi connectivity index (χ4v) is 5.45. The molecule has 2 heterocycles. The lowest BCUT2D eigenvalue weighted by Crippen LogP contribution is -2.35. The van der Waals surface area contributed by atoms with Crippen LogP contribution in [0, 0.1) is 18.3 Å². The van der Waals surface area contributed by atoms with Gasteiger partial charge in [0.2, 0.25) is 0 Å². The molecule has 2 rings (SSSR count). The molecular weight excluding hydrogens is 477 g/mol. The highest BCUT2D eigenvalue weighted by atomic mass is 31.3.